The molecular formula is C21H21F2N3O3. The van der Waals surface area contributed by atoms with Gasteiger partial charge in [-0.15, -0.1) is 0 Å². The molecule has 2 heterocycles. The van der Waals surface area contributed by atoms with E-state index < -0.39 is 23.6 Å². The topological polar surface area (TPSA) is 85.5 Å². The first-order chi connectivity index (χ1) is 13.9. The van der Waals surface area contributed by atoms with Crippen molar-refractivity contribution >= 4 is 11.8 Å². The number of nitrogens with two attached hydrogens (primary N) is 1. The highest BCUT2D eigenvalue weighted by Gasteiger charge is 2.39. The maximum Gasteiger partial charge on any atom is 0.249 e. The summed E-state index contributed by atoms with van der Waals surface area (Å²) in [5, 5.41) is 1.27. The fraction of sp³-hybridized carbons (Fsp3) is 0.381. The zero-order valence-electron chi connectivity index (χ0n) is 15.7. The molecule has 1 saturated carbocycles. The maximum absolute atomic E-state index is 13.6. The molecule has 1 saturated heterocycles. The molecule has 1 aliphatic carbocycles. The molecule has 152 valence electrons. The second-order valence-electron chi connectivity index (χ2n) is 7.55. The number of benzene rings is 1. The van der Waals surface area contributed by atoms with Gasteiger partial charge in [0.25, 0.3) is 0 Å². The van der Waals surface area contributed by atoms with Crippen molar-refractivity contribution in [2.75, 3.05) is 6.61 Å². The Balaban J connectivity index is 1.48. The lowest BCUT2D eigenvalue weighted by atomic mass is 9.98. The van der Waals surface area contributed by atoms with Crippen molar-refractivity contribution in [3.63, 3.8) is 0 Å². The number of pyridine rings is 1. The van der Waals surface area contributed by atoms with Crippen LogP contribution in [0.15, 0.2) is 36.5 Å². The third kappa shape index (κ3) is 3.98. The molecular weight excluding hydrogens is 380 g/mol. The van der Waals surface area contributed by atoms with Gasteiger partial charge in [0.2, 0.25) is 11.8 Å². The molecule has 6 nitrogen and oxygen atoms in total. The minimum absolute atomic E-state index is 0.0379. The van der Waals surface area contributed by atoms with E-state index in [1.165, 1.54) is 17.2 Å². The van der Waals surface area contributed by atoms with Crippen LogP contribution < -0.4 is 5.73 Å². The van der Waals surface area contributed by atoms with Crippen molar-refractivity contribution in [1.82, 2.24) is 10.0 Å². The van der Waals surface area contributed by atoms with E-state index in [0.717, 1.165) is 18.2 Å². The molecule has 4 rings (SSSR count). The molecule has 29 heavy (non-hydrogen) atoms. The number of hydroxylamine groups is 2. The van der Waals surface area contributed by atoms with Crippen LogP contribution in [-0.2, 0) is 9.63 Å². The van der Waals surface area contributed by atoms with Crippen molar-refractivity contribution in [1.29, 1.82) is 0 Å². The zero-order valence-corrected chi connectivity index (χ0v) is 15.7. The summed E-state index contributed by atoms with van der Waals surface area (Å²) in [6, 6.07) is 6.00. The van der Waals surface area contributed by atoms with E-state index in [4.69, 9.17) is 10.6 Å². The average Bonchev–Trinajstić information content (AvgIpc) is 3.37. The first kappa shape index (κ1) is 19.4. The predicted molar refractivity (Wildman–Crippen MR) is 99.4 cm³/mol. The second kappa shape index (κ2) is 7.87. The summed E-state index contributed by atoms with van der Waals surface area (Å²) in [7, 11) is 0. The van der Waals surface area contributed by atoms with Crippen LogP contribution in [0.25, 0.3) is 0 Å². The highest BCUT2D eigenvalue weighted by molar-refractivity contribution is 5.92. The van der Waals surface area contributed by atoms with Gasteiger partial charge in [0.05, 0.1) is 12.6 Å². The molecule has 0 unspecified atom stereocenters. The highest BCUT2D eigenvalue weighted by Crippen LogP contribution is 2.41. The number of halogens is 2. The van der Waals surface area contributed by atoms with Crippen LogP contribution in [0.1, 0.15) is 59.3 Å². The van der Waals surface area contributed by atoms with Gasteiger partial charge in [0.1, 0.15) is 11.6 Å². The molecule has 1 aromatic heterocycles. The first-order valence-corrected chi connectivity index (χ1v) is 9.60. The van der Waals surface area contributed by atoms with Gasteiger partial charge in [-0.05, 0) is 49.1 Å². The van der Waals surface area contributed by atoms with Crippen molar-refractivity contribution in [2.45, 2.75) is 37.6 Å². The van der Waals surface area contributed by atoms with Crippen LogP contribution in [0.4, 0.5) is 8.78 Å². The van der Waals surface area contributed by atoms with E-state index in [2.05, 4.69) is 4.98 Å². The average molecular weight is 401 g/mol. The molecule has 2 aromatic rings. The van der Waals surface area contributed by atoms with Gasteiger partial charge in [-0.2, -0.15) is 0 Å². The van der Waals surface area contributed by atoms with Crippen molar-refractivity contribution in [3.8, 4) is 0 Å². The lowest BCUT2D eigenvalue weighted by Gasteiger charge is -2.25. The predicted octanol–water partition coefficient (Wildman–Crippen LogP) is 3.25. The molecule has 2 amide bonds. The van der Waals surface area contributed by atoms with Crippen molar-refractivity contribution in [2.24, 2.45) is 11.7 Å². The largest absolute Gasteiger partial charge is 0.366 e. The fourth-order valence-electron chi connectivity index (χ4n) is 4.24. The van der Waals surface area contributed by atoms with E-state index in [1.807, 2.05) is 0 Å². The molecule has 0 bridgehead atoms. The van der Waals surface area contributed by atoms with E-state index in [0.29, 0.717) is 37.0 Å². The SMILES string of the molecule is NC(=O)c1ccnc([C@H]2CC[C@@H](C(=O)N3OCC[C@H]3c3cc(F)cc(F)c3)C2)c1. The van der Waals surface area contributed by atoms with Gasteiger partial charge in [0.15, 0.2) is 0 Å². The Bertz CT molecular complexity index is 932. The molecule has 3 atom stereocenters. The number of hydrogen-bond donors (Lipinski definition) is 1. The second-order valence-corrected chi connectivity index (χ2v) is 7.55. The highest BCUT2D eigenvalue weighted by atomic mass is 19.1. The third-order valence-corrected chi connectivity index (χ3v) is 5.66. The Hall–Kier alpha value is -2.87. The number of hydrogen-bond acceptors (Lipinski definition) is 4. The smallest absolute Gasteiger partial charge is 0.249 e. The first-order valence-electron chi connectivity index (χ1n) is 9.60. The van der Waals surface area contributed by atoms with Gasteiger partial charge in [-0.1, -0.05) is 0 Å². The molecule has 0 radical (unpaired) electrons. The lowest BCUT2D eigenvalue weighted by Crippen LogP contribution is -2.34. The zero-order chi connectivity index (χ0) is 20.5. The van der Waals surface area contributed by atoms with Crippen LogP contribution in [0.2, 0.25) is 0 Å². The normalized spacial score (nSPS) is 24.1. The maximum atomic E-state index is 13.6. The van der Waals surface area contributed by atoms with E-state index in [-0.39, 0.29) is 17.7 Å². The number of amides is 2. The number of primary amides is 1. The van der Waals surface area contributed by atoms with Crippen LogP contribution in [0.5, 0.6) is 0 Å². The van der Waals surface area contributed by atoms with Gasteiger partial charge >= 0.3 is 0 Å². The Morgan fingerprint density at radius 1 is 1.10 bits per heavy atom. The summed E-state index contributed by atoms with van der Waals surface area (Å²) in [5.74, 6) is -2.31. The molecule has 1 aliphatic heterocycles. The molecule has 1 aromatic carbocycles. The van der Waals surface area contributed by atoms with Crippen LogP contribution in [0.3, 0.4) is 0 Å². The molecule has 2 aliphatic rings. The number of nitrogens with zero attached hydrogens (tertiary/aromatic N) is 2. The Labute approximate surface area is 166 Å². The van der Waals surface area contributed by atoms with Gasteiger partial charge in [-0.25, -0.2) is 13.8 Å². The van der Waals surface area contributed by atoms with Crippen LogP contribution >= 0.6 is 0 Å². The fourth-order valence-corrected chi connectivity index (χ4v) is 4.24. The van der Waals surface area contributed by atoms with Crippen molar-refractivity contribution < 1.29 is 23.2 Å². The lowest BCUT2D eigenvalue weighted by molar-refractivity contribution is -0.181. The minimum Gasteiger partial charge on any atom is -0.366 e. The number of carbonyl (C=O) groups is 2. The van der Waals surface area contributed by atoms with Gasteiger partial charge < -0.3 is 5.73 Å². The standard InChI is InChI=1S/C21H21F2N3O3/c22-16-8-15(9-17(23)11-16)19-4-6-29-26(19)21(28)14-2-1-12(7-14)18-10-13(20(24)27)3-5-25-18/h3,5,8-12,14,19H,1-2,4,6-7H2,(H2,24,27)/t12-,14+,19-/m0/s1. The summed E-state index contributed by atoms with van der Waals surface area (Å²) >= 11 is 0. The Morgan fingerprint density at radius 2 is 1.86 bits per heavy atom. The minimum atomic E-state index is -0.680. The summed E-state index contributed by atoms with van der Waals surface area (Å²) in [6.07, 6.45) is 3.99. The molecule has 8 heteroatoms. The summed E-state index contributed by atoms with van der Waals surface area (Å²) in [5.41, 5.74) is 6.85. The summed E-state index contributed by atoms with van der Waals surface area (Å²) in [6.45, 7) is 0.312. The van der Waals surface area contributed by atoms with Crippen LogP contribution in [0, 0.1) is 17.6 Å². The summed E-state index contributed by atoms with van der Waals surface area (Å²) < 4.78 is 27.2. The van der Waals surface area contributed by atoms with Gasteiger partial charge in [0, 0.05) is 41.8 Å². The van der Waals surface area contributed by atoms with Crippen LogP contribution in [-0.4, -0.2) is 28.5 Å². The monoisotopic (exact) mass is 401 g/mol. The number of carbonyl (C=O) groups excluding carboxylic acids is 2. The van der Waals surface area contributed by atoms with Crippen molar-refractivity contribution in [3.05, 3.63) is 65.0 Å². The third-order valence-electron chi connectivity index (χ3n) is 5.66. The molecule has 2 N–H and O–H groups in total. The van der Waals surface area contributed by atoms with Gasteiger partial charge in [-0.3, -0.25) is 19.4 Å². The Morgan fingerprint density at radius 3 is 2.59 bits per heavy atom. The quantitative estimate of drug-likeness (QED) is 0.852. The van der Waals surface area contributed by atoms with E-state index in [1.54, 1.807) is 18.3 Å². The Kier molecular flexibility index (Phi) is 5.27. The molecule has 0 spiro atoms. The molecule has 2 fully saturated rings. The van der Waals surface area contributed by atoms with E-state index in [9.17, 15) is 18.4 Å². The number of rotatable bonds is 4. The van der Waals surface area contributed by atoms with E-state index >= 15 is 0 Å². The summed E-state index contributed by atoms with van der Waals surface area (Å²) in [4.78, 5) is 34.3. The number of aromatic nitrogens is 1.